The van der Waals surface area contributed by atoms with Gasteiger partial charge in [-0.25, -0.2) is 0 Å². The van der Waals surface area contributed by atoms with E-state index in [1.165, 1.54) is 11.8 Å². The molecule has 30 heavy (non-hydrogen) atoms. The Bertz CT molecular complexity index is 1140. The van der Waals surface area contributed by atoms with Crippen molar-refractivity contribution in [1.29, 1.82) is 0 Å². The Balaban J connectivity index is 1.34. The van der Waals surface area contributed by atoms with Crippen LogP contribution in [0.1, 0.15) is 12.5 Å². The third-order valence-electron chi connectivity index (χ3n) is 4.63. The highest BCUT2D eigenvalue weighted by atomic mass is 32.2. The van der Waals surface area contributed by atoms with Crippen LogP contribution in [0.4, 0.5) is 0 Å². The fourth-order valence-corrected chi connectivity index (χ4v) is 3.78. The molecule has 154 valence electrons. The maximum Gasteiger partial charge on any atom is 0.277 e. The van der Waals surface area contributed by atoms with Crippen LogP contribution >= 0.6 is 11.8 Å². The quantitative estimate of drug-likeness (QED) is 0.425. The van der Waals surface area contributed by atoms with Crippen molar-refractivity contribution in [3.8, 4) is 17.2 Å². The summed E-state index contributed by atoms with van der Waals surface area (Å²) in [6, 6.07) is 15.7. The van der Waals surface area contributed by atoms with Gasteiger partial charge in [0.15, 0.2) is 0 Å². The van der Waals surface area contributed by atoms with Crippen LogP contribution in [0.5, 0.6) is 5.75 Å². The summed E-state index contributed by atoms with van der Waals surface area (Å²) in [6.45, 7) is 3.10. The van der Waals surface area contributed by atoms with E-state index in [0.717, 1.165) is 27.8 Å². The fraction of sp³-hybridized carbons (Fsp3) is 0.227. The average molecular weight is 423 g/mol. The van der Waals surface area contributed by atoms with E-state index in [4.69, 9.17) is 9.15 Å². The van der Waals surface area contributed by atoms with E-state index < -0.39 is 0 Å². The zero-order chi connectivity index (χ0) is 20.9. The van der Waals surface area contributed by atoms with Gasteiger partial charge < -0.3 is 19.0 Å². The Hall–Kier alpha value is -3.26. The molecule has 2 aromatic carbocycles. The van der Waals surface area contributed by atoms with Gasteiger partial charge in [-0.05, 0) is 30.7 Å². The first-order valence-corrected chi connectivity index (χ1v) is 10.6. The first-order chi connectivity index (χ1) is 14.6. The Morgan fingerprint density at radius 3 is 2.77 bits per heavy atom. The molecule has 7 nitrogen and oxygen atoms in total. The lowest BCUT2D eigenvalue weighted by atomic mass is 10.2. The molecule has 2 aromatic heterocycles. The first kappa shape index (κ1) is 20.0. The molecule has 0 radical (unpaired) electrons. The van der Waals surface area contributed by atoms with Crippen LogP contribution in [-0.2, 0) is 11.3 Å². The molecular weight excluding hydrogens is 400 g/mol. The normalized spacial score (nSPS) is 11.0. The summed E-state index contributed by atoms with van der Waals surface area (Å²) in [5.41, 5.74) is 2.90. The van der Waals surface area contributed by atoms with E-state index in [9.17, 15) is 4.79 Å². The lowest BCUT2D eigenvalue weighted by Crippen LogP contribution is -2.27. The van der Waals surface area contributed by atoms with Gasteiger partial charge >= 0.3 is 0 Å². The summed E-state index contributed by atoms with van der Waals surface area (Å²) in [4.78, 5) is 17.4. The van der Waals surface area contributed by atoms with Crippen molar-refractivity contribution in [1.82, 2.24) is 20.1 Å². The largest absolute Gasteiger partial charge is 0.494 e. The number of carbonyl (C=O) groups is 1. The molecular formula is C22H22N4O3S. The monoisotopic (exact) mass is 422 g/mol. The summed E-state index contributed by atoms with van der Waals surface area (Å²) in [6.07, 6.45) is 1.85. The summed E-state index contributed by atoms with van der Waals surface area (Å²) >= 11 is 1.24. The minimum atomic E-state index is -0.0132. The zero-order valence-corrected chi connectivity index (χ0v) is 17.6. The summed E-state index contributed by atoms with van der Waals surface area (Å²) in [7, 11) is 1.78. The van der Waals surface area contributed by atoms with Gasteiger partial charge in [0, 0.05) is 30.7 Å². The number of hydrogen-bond donors (Lipinski definition) is 1. The minimum absolute atomic E-state index is 0.0132. The van der Waals surface area contributed by atoms with Crippen LogP contribution in [0.3, 0.4) is 0 Å². The van der Waals surface area contributed by atoms with Gasteiger partial charge in [-0.15, -0.1) is 10.2 Å². The predicted molar refractivity (Wildman–Crippen MR) is 116 cm³/mol. The standard InChI is InChI=1S/C22H22N4O3S/c1-3-28-16-10-8-15(9-11-16)13-26(2)20(27)14-30-22-25-24-21(29-22)18-12-23-19-7-5-4-6-17(18)19/h4-12,23H,3,13-14H2,1-2H3. The highest BCUT2D eigenvalue weighted by molar-refractivity contribution is 7.99. The highest BCUT2D eigenvalue weighted by Gasteiger charge is 2.16. The van der Waals surface area contributed by atoms with Crippen LogP contribution in [0.25, 0.3) is 22.4 Å². The maximum atomic E-state index is 12.5. The van der Waals surface area contributed by atoms with E-state index >= 15 is 0 Å². The van der Waals surface area contributed by atoms with Crippen molar-refractivity contribution >= 4 is 28.6 Å². The van der Waals surface area contributed by atoms with Gasteiger partial charge in [-0.3, -0.25) is 4.79 Å². The second-order valence-corrected chi connectivity index (χ2v) is 7.66. The molecule has 0 spiro atoms. The highest BCUT2D eigenvalue weighted by Crippen LogP contribution is 2.29. The first-order valence-electron chi connectivity index (χ1n) is 9.62. The Kier molecular flexibility index (Phi) is 6.04. The topological polar surface area (TPSA) is 84.2 Å². The third-order valence-corrected chi connectivity index (χ3v) is 5.43. The lowest BCUT2D eigenvalue weighted by Gasteiger charge is -2.17. The lowest BCUT2D eigenvalue weighted by molar-refractivity contribution is -0.127. The second-order valence-electron chi connectivity index (χ2n) is 6.74. The van der Waals surface area contributed by atoms with Crippen LogP contribution in [0.15, 0.2) is 64.4 Å². The molecule has 1 N–H and O–H groups in total. The number of amides is 1. The van der Waals surface area contributed by atoms with Crippen molar-refractivity contribution in [3.63, 3.8) is 0 Å². The van der Waals surface area contributed by atoms with E-state index in [2.05, 4.69) is 15.2 Å². The van der Waals surface area contributed by atoms with Gasteiger partial charge in [0.1, 0.15) is 5.75 Å². The van der Waals surface area contributed by atoms with Crippen LogP contribution in [0, 0.1) is 0 Å². The summed E-state index contributed by atoms with van der Waals surface area (Å²) < 4.78 is 11.2. The van der Waals surface area contributed by atoms with E-state index in [1.807, 2.05) is 61.7 Å². The predicted octanol–water partition coefficient (Wildman–Crippen LogP) is 4.37. The number of ether oxygens (including phenoxy) is 1. The number of fused-ring (bicyclic) bond motifs is 1. The van der Waals surface area contributed by atoms with Gasteiger partial charge in [0.25, 0.3) is 11.1 Å². The minimum Gasteiger partial charge on any atom is -0.494 e. The van der Waals surface area contributed by atoms with Crippen molar-refractivity contribution in [2.75, 3.05) is 19.4 Å². The number of hydrogen-bond acceptors (Lipinski definition) is 6. The number of nitrogens with zero attached hydrogens (tertiary/aromatic N) is 3. The molecule has 0 atom stereocenters. The molecule has 4 aromatic rings. The number of benzene rings is 2. The van der Waals surface area contributed by atoms with E-state index in [0.29, 0.717) is 24.3 Å². The van der Waals surface area contributed by atoms with E-state index in [1.54, 1.807) is 11.9 Å². The number of rotatable bonds is 8. The molecule has 0 fully saturated rings. The molecule has 0 aliphatic rings. The van der Waals surface area contributed by atoms with Crippen LogP contribution in [-0.4, -0.2) is 45.4 Å². The zero-order valence-electron chi connectivity index (χ0n) is 16.8. The Morgan fingerprint density at radius 2 is 1.97 bits per heavy atom. The van der Waals surface area contributed by atoms with Crippen LogP contribution in [0.2, 0.25) is 0 Å². The molecule has 0 saturated heterocycles. The summed E-state index contributed by atoms with van der Waals surface area (Å²) in [5.74, 6) is 1.47. The van der Waals surface area contributed by atoms with Crippen molar-refractivity contribution in [2.24, 2.45) is 0 Å². The number of aromatic nitrogens is 3. The molecule has 8 heteroatoms. The van der Waals surface area contributed by atoms with Crippen LogP contribution < -0.4 is 4.74 Å². The Labute approximate surface area is 178 Å². The van der Waals surface area contributed by atoms with Crippen molar-refractivity contribution in [3.05, 3.63) is 60.3 Å². The smallest absolute Gasteiger partial charge is 0.277 e. The average Bonchev–Trinajstić information content (AvgIpc) is 3.40. The van der Waals surface area contributed by atoms with E-state index in [-0.39, 0.29) is 11.7 Å². The number of nitrogens with one attached hydrogen (secondary N) is 1. The molecule has 1 amide bonds. The number of H-pyrrole nitrogens is 1. The maximum absolute atomic E-state index is 12.5. The van der Waals surface area contributed by atoms with Gasteiger partial charge in [0.2, 0.25) is 5.91 Å². The number of para-hydroxylation sites is 1. The van der Waals surface area contributed by atoms with Gasteiger partial charge in [-0.1, -0.05) is 42.1 Å². The molecule has 0 unspecified atom stereocenters. The number of carbonyl (C=O) groups excluding carboxylic acids is 1. The summed E-state index contributed by atoms with van der Waals surface area (Å²) in [5, 5.41) is 9.59. The molecule has 2 heterocycles. The second kappa shape index (κ2) is 9.04. The molecule has 4 rings (SSSR count). The number of aromatic amines is 1. The molecule has 0 bridgehead atoms. The third kappa shape index (κ3) is 4.49. The van der Waals surface area contributed by atoms with Crippen molar-refractivity contribution < 1.29 is 13.9 Å². The molecule has 0 aliphatic heterocycles. The fourth-order valence-electron chi connectivity index (χ4n) is 3.08. The molecule has 0 aliphatic carbocycles. The van der Waals surface area contributed by atoms with Crippen molar-refractivity contribution in [2.45, 2.75) is 18.7 Å². The van der Waals surface area contributed by atoms with Gasteiger partial charge in [-0.2, -0.15) is 0 Å². The Morgan fingerprint density at radius 1 is 1.17 bits per heavy atom. The van der Waals surface area contributed by atoms with Gasteiger partial charge in [0.05, 0.1) is 17.9 Å². The molecule has 0 saturated carbocycles. The number of thioether (sulfide) groups is 1. The SMILES string of the molecule is CCOc1ccc(CN(C)C(=O)CSc2nnc(-c3c[nH]c4ccccc34)o2)cc1.